The molecule has 184 valence electrons. The van der Waals surface area contributed by atoms with E-state index >= 15 is 0 Å². The zero-order chi connectivity index (χ0) is 25.3. The summed E-state index contributed by atoms with van der Waals surface area (Å²) in [6, 6.07) is 2.20. The Morgan fingerprint density at radius 3 is 2.38 bits per heavy atom. The third-order valence-corrected chi connectivity index (χ3v) is 4.87. The van der Waals surface area contributed by atoms with Gasteiger partial charge in [-0.15, -0.1) is 0 Å². The molecule has 2 unspecified atom stereocenters. The Balaban J connectivity index is 1.71. The molecule has 1 N–H and O–H groups in total. The van der Waals surface area contributed by atoms with Gasteiger partial charge in [0.15, 0.2) is 0 Å². The second kappa shape index (κ2) is 9.51. The van der Waals surface area contributed by atoms with Gasteiger partial charge in [0.25, 0.3) is 0 Å². The van der Waals surface area contributed by atoms with E-state index in [-0.39, 0.29) is 19.5 Å². The molecule has 1 aliphatic heterocycles. The highest BCUT2D eigenvalue weighted by Gasteiger charge is 2.41. The summed E-state index contributed by atoms with van der Waals surface area (Å²) in [6.45, 7) is 6.43. The monoisotopic (exact) mass is 483 g/mol. The predicted molar refractivity (Wildman–Crippen MR) is 113 cm³/mol. The van der Waals surface area contributed by atoms with E-state index in [0.717, 1.165) is 17.3 Å². The highest BCUT2D eigenvalue weighted by atomic mass is 19.4. The smallest absolute Gasteiger partial charge is 0.444 e. The lowest BCUT2D eigenvalue weighted by Gasteiger charge is -2.27. The molecule has 0 spiro atoms. The van der Waals surface area contributed by atoms with Crippen LogP contribution in [0.4, 0.5) is 22.4 Å². The summed E-state index contributed by atoms with van der Waals surface area (Å²) < 4.78 is 57.4. The molecule has 3 heterocycles. The zero-order valence-electron chi connectivity index (χ0n) is 19.1. The normalized spacial score (nSPS) is 18.6. The van der Waals surface area contributed by atoms with Gasteiger partial charge in [0.2, 0.25) is 11.7 Å². The Bertz CT molecular complexity index is 1050. The Morgan fingerprint density at radius 2 is 1.79 bits per heavy atom. The van der Waals surface area contributed by atoms with Crippen LogP contribution in [0.15, 0.2) is 24.5 Å². The van der Waals surface area contributed by atoms with Crippen LogP contribution >= 0.6 is 0 Å². The summed E-state index contributed by atoms with van der Waals surface area (Å²) in [6.07, 6.45) is -4.80. The maximum atomic E-state index is 14.0. The van der Waals surface area contributed by atoms with E-state index in [1.54, 1.807) is 39.8 Å². The van der Waals surface area contributed by atoms with Crippen molar-refractivity contribution in [2.75, 3.05) is 6.54 Å². The van der Waals surface area contributed by atoms with Crippen molar-refractivity contribution < 1.29 is 31.9 Å². The van der Waals surface area contributed by atoms with Gasteiger partial charge in [0.05, 0.1) is 18.8 Å². The van der Waals surface area contributed by atoms with Crippen LogP contribution in [-0.4, -0.2) is 56.2 Å². The quantitative estimate of drug-likeness (QED) is 0.664. The molecule has 0 radical (unpaired) electrons. The number of hydrogen-bond donors (Lipinski definition) is 1. The van der Waals surface area contributed by atoms with Gasteiger partial charge in [0, 0.05) is 30.1 Å². The second-order valence-electron chi connectivity index (χ2n) is 8.98. The lowest BCUT2D eigenvalue weighted by Crippen LogP contribution is -2.47. The van der Waals surface area contributed by atoms with E-state index in [0.29, 0.717) is 22.5 Å². The standard InChI is InChI=1S/C22H25F4N5O3/c1-12-5-13(14-8-28-19(29-9-14)22(24,25)26)6-16(30-12)10-27-18(32)17-7-15(23)11-31(17)20(33)34-21(2,3)4/h5-6,8-9,15,17H,7,10-11H2,1-4H3,(H,27,32). The molecule has 1 aliphatic rings. The maximum absolute atomic E-state index is 14.0. The fraction of sp³-hybridized carbons (Fsp3) is 0.500. The molecule has 0 saturated carbocycles. The number of carbonyl (C=O) groups is 2. The van der Waals surface area contributed by atoms with E-state index in [9.17, 15) is 27.2 Å². The van der Waals surface area contributed by atoms with Gasteiger partial charge in [-0.3, -0.25) is 14.7 Å². The average Bonchev–Trinajstić information content (AvgIpc) is 3.12. The lowest BCUT2D eigenvalue weighted by atomic mass is 10.1. The van der Waals surface area contributed by atoms with Crippen molar-refractivity contribution in [2.24, 2.45) is 0 Å². The largest absolute Gasteiger partial charge is 0.451 e. The molecule has 0 aliphatic carbocycles. The Kier molecular flexibility index (Phi) is 7.08. The van der Waals surface area contributed by atoms with Gasteiger partial charge in [-0.25, -0.2) is 19.2 Å². The number of pyridine rings is 1. The van der Waals surface area contributed by atoms with Crippen LogP contribution < -0.4 is 5.32 Å². The summed E-state index contributed by atoms with van der Waals surface area (Å²) in [5, 5.41) is 2.65. The van der Waals surface area contributed by atoms with Gasteiger partial charge < -0.3 is 10.1 Å². The van der Waals surface area contributed by atoms with Crippen molar-refractivity contribution in [1.29, 1.82) is 0 Å². The van der Waals surface area contributed by atoms with Crippen LogP contribution in [0.1, 0.15) is 44.4 Å². The Labute approximate surface area is 193 Å². The van der Waals surface area contributed by atoms with E-state index < -0.39 is 41.8 Å². The number of rotatable bonds is 4. The third kappa shape index (κ3) is 6.39. The zero-order valence-corrected chi connectivity index (χ0v) is 19.1. The van der Waals surface area contributed by atoms with Gasteiger partial charge in [-0.05, 0) is 45.4 Å². The summed E-state index contributed by atoms with van der Waals surface area (Å²) in [4.78, 5) is 37.2. The number of likely N-dealkylation sites (tertiary alicyclic amines) is 1. The second-order valence-corrected chi connectivity index (χ2v) is 8.98. The number of nitrogens with one attached hydrogen (secondary N) is 1. The molecule has 3 rings (SSSR count). The SMILES string of the molecule is Cc1cc(-c2cnc(C(F)(F)F)nc2)cc(CNC(=O)C2CC(F)CN2C(=O)OC(C)(C)C)n1. The number of aryl methyl sites for hydroxylation is 1. The lowest BCUT2D eigenvalue weighted by molar-refractivity contribution is -0.145. The summed E-state index contributed by atoms with van der Waals surface area (Å²) in [5.74, 6) is -1.81. The third-order valence-electron chi connectivity index (χ3n) is 4.87. The van der Waals surface area contributed by atoms with Crippen molar-refractivity contribution in [2.45, 2.75) is 64.7 Å². The van der Waals surface area contributed by atoms with E-state index in [4.69, 9.17) is 4.74 Å². The molecule has 1 fully saturated rings. The molecule has 12 heteroatoms. The molecule has 1 saturated heterocycles. The molecular formula is C22H25F4N5O3. The number of halogens is 4. The van der Waals surface area contributed by atoms with Crippen molar-refractivity contribution in [3.63, 3.8) is 0 Å². The van der Waals surface area contributed by atoms with Crippen LogP contribution in [0.5, 0.6) is 0 Å². The summed E-state index contributed by atoms with van der Waals surface area (Å²) in [5.41, 5.74) is 1.04. The van der Waals surface area contributed by atoms with Crippen molar-refractivity contribution >= 4 is 12.0 Å². The van der Waals surface area contributed by atoms with Crippen LogP contribution in [0.2, 0.25) is 0 Å². The fourth-order valence-corrected chi connectivity index (χ4v) is 3.47. The number of ether oxygens (including phenoxy) is 1. The number of aromatic nitrogens is 3. The highest BCUT2D eigenvalue weighted by Crippen LogP contribution is 2.27. The van der Waals surface area contributed by atoms with Gasteiger partial charge >= 0.3 is 12.3 Å². The minimum absolute atomic E-state index is 0.0371. The van der Waals surface area contributed by atoms with Crippen LogP contribution in [0.25, 0.3) is 11.1 Å². The minimum atomic E-state index is -4.64. The first kappa shape index (κ1) is 25.3. The van der Waals surface area contributed by atoms with Crippen LogP contribution in [0, 0.1) is 6.92 Å². The van der Waals surface area contributed by atoms with Gasteiger partial charge in [-0.1, -0.05) is 0 Å². The molecule has 2 atom stereocenters. The molecule has 34 heavy (non-hydrogen) atoms. The minimum Gasteiger partial charge on any atom is -0.444 e. The van der Waals surface area contributed by atoms with E-state index in [1.807, 2.05) is 0 Å². The number of nitrogens with zero attached hydrogens (tertiary/aromatic N) is 4. The van der Waals surface area contributed by atoms with Gasteiger partial charge in [0.1, 0.15) is 17.8 Å². The molecule has 2 amide bonds. The van der Waals surface area contributed by atoms with E-state index in [1.165, 1.54) is 0 Å². The Morgan fingerprint density at radius 1 is 1.15 bits per heavy atom. The van der Waals surface area contributed by atoms with Crippen molar-refractivity contribution in [3.05, 3.63) is 41.7 Å². The Hall–Kier alpha value is -3.31. The van der Waals surface area contributed by atoms with Gasteiger partial charge in [-0.2, -0.15) is 13.2 Å². The average molecular weight is 483 g/mol. The van der Waals surface area contributed by atoms with E-state index in [2.05, 4.69) is 20.3 Å². The fourth-order valence-electron chi connectivity index (χ4n) is 3.47. The van der Waals surface area contributed by atoms with Crippen molar-refractivity contribution in [3.8, 4) is 11.1 Å². The number of carbonyl (C=O) groups excluding carboxylic acids is 2. The molecule has 0 aromatic carbocycles. The number of amides is 2. The topological polar surface area (TPSA) is 97.3 Å². The molecule has 2 aromatic heterocycles. The van der Waals surface area contributed by atoms with Crippen molar-refractivity contribution in [1.82, 2.24) is 25.2 Å². The molecular weight excluding hydrogens is 458 g/mol. The molecule has 2 aromatic rings. The number of alkyl halides is 4. The van der Waals surface area contributed by atoms with Crippen LogP contribution in [-0.2, 0) is 22.3 Å². The highest BCUT2D eigenvalue weighted by molar-refractivity contribution is 5.86. The van der Waals surface area contributed by atoms with Crippen LogP contribution in [0.3, 0.4) is 0 Å². The first-order valence-corrected chi connectivity index (χ1v) is 10.5. The number of hydrogen-bond acceptors (Lipinski definition) is 6. The summed E-state index contributed by atoms with van der Waals surface area (Å²) >= 11 is 0. The molecule has 0 bridgehead atoms. The first-order chi connectivity index (χ1) is 15.7. The first-order valence-electron chi connectivity index (χ1n) is 10.5. The predicted octanol–water partition coefficient (Wildman–Crippen LogP) is 3.83. The summed E-state index contributed by atoms with van der Waals surface area (Å²) in [7, 11) is 0. The molecule has 8 nitrogen and oxygen atoms in total. The maximum Gasteiger partial charge on any atom is 0.451 e.